The number of aryl methyl sites for hydroxylation is 1. The molecule has 5 nitrogen and oxygen atoms in total. The van der Waals surface area contributed by atoms with Crippen LogP contribution in [-0.4, -0.2) is 19.7 Å². The zero-order valence-electron chi connectivity index (χ0n) is 19.0. The molecule has 0 unspecified atom stereocenters. The van der Waals surface area contributed by atoms with E-state index in [0.29, 0.717) is 44.6 Å². The van der Waals surface area contributed by atoms with Crippen molar-refractivity contribution in [2.45, 2.75) is 32.6 Å². The van der Waals surface area contributed by atoms with Crippen LogP contribution in [0.15, 0.2) is 57.9 Å². The molecule has 4 aromatic rings. The van der Waals surface area contributed by atoms with Crippen molar-refractivity contribution in [2.75, 3.05) is 13.7 Å². The molecule has 2 aromatic heterocycles. The molecule has 2 aromatic carbocycles. The summed E-state index contributed by atoms with van der Waals surface area (Å²) in [6, 6.07) is 15.0. The first-order valence-electron chi connectivity index (χ1n) is 11.3. The van der Waals surface area contributed by atoms with E-state index in [0.717, 1.165) is 42.2 Å². The molecule has 0 aliphatic heterocycles. The lowest BCUT2D eigenvalue weighted by Gasteiger charge is -2.11. The molecule has 174 valence electrons. The van der Waals surface area contributed by atoms with Crippen LogP contribution in [0.5, 0.6) is 5.75 Å². The van der Waals surface area contributed by atoms with E-state index in [9.17, 15) is 4.79 Å². The van der Waals surface area contributed by atoms with Crippen LogP contribution in [-0.2, 0) is 17.6 Å². The average Bonchev–Trinajstić information content (AvgIpc) is 3.22. The Morgan fingerprint density at radius 1 is 1.15 bits per heavy atom. The largest absolute Gasteiger partial charge is 0.497 e. The van der Waals surface area contributed by atoms with Gasteiger partial charge in [-0.05, 0) is 68.5 Å². The van der Waals surface area contributed by atoms with E-state index in [-0.39, 0.29) is 5.97 Å². The first-order valence-corrected chi connectivity index (χ1v) is 12.5. The van der Waals surface area contributed by atoms with Crippen molar-refractivity contribution in [2.24, 2.45) is 4.99 Å². The number of hydrogen-bond acceptors (Lipinski definition) is 6. The van der Waals surface area contributed by atoms with Crippen molar-refractivity contribution >= 4 is 44.9 Å². The van der Waals surface area contributed by atoms with E-state index in [1.807, 2.05) is 55.5 Å². The molecular formula is C27H24ClNO4S. The topological polar surface area (TPSA) is 61.0 Å². The highest BCUT2D eigenvalue weighted by Gasteiger charge is 2.26. The van der Waals surface area contributed by atoms with Gasteiger partial charge >= 0.3 is 5.97 Å². The Morgan fingerprint density at radius 3 is 2.76 bits per heavy atom. The number of rotatable bonds is 5. The molecule has 0 radical (unpaired) electrons. The summed E-state index contributed by atoms with van der Waals surface area (Å²) in [5.41, 5.74) is 3.10. The molecule has 1 aliphatic carbocycles. The van der Waals surface area contributed by atoms with Gasteiger partial charge in [0.15, 0.2) is 0 Å². The Kier molecular flexibility index (Phi) is 6.44. The smallest absolute Gasteiger partial charge is 0.341 e. The van der Waals surface area contributed by atoms with Gasteiger partial charge in [0, 0.05) is 21.9 Å². The van der Waals surface area contributed by atoms with Crippen molar-refractivity contribution in [3.63, 3.8) is 0 Å². The second kappa shape index (κ2) is 9.65. The zero-order valence-corrected chi connectivity index (χ0v) is 20.6. The highest BCUT2D eigenvalue weighted by atomic mass is 35.5. The number of benzene rings is 2. The maximum absolute atomic E-state index is 13.0. The minimum Gasteiger partial charge on any atom is -0.497 e. The molecule has 0 saturated carbocycles. The Morgan fingerprint density at radius 2 is 1.97 bits per heavy atom. The first kappa shape index (κ1) is 22.7. The van der Waals surface area contributed by atoms with Gasteiger partial charge in [-0.3, -0.25) is 0 Å². The summed E-state index contributed by atoms with van der Waals surface area (Å²) in [4.78, 5) is 19.2. The molecule has 34 heavy (non-hydrogen) atoms. The standard InChI is InChI=1S/C27H24ClNO4S/c1-3-32-27(30)25-18-9-5-7-11-24(18)34-26(25)29-21-15-23(17-8-4-6-10-20(17)28)33-22-13-12-16(31-2)14-19(21)22/h4,6,8,10,12-15H,3,5,7,9,11H2,1-2H3. The molecule has 1 aliphatic rings. The highest BCUT2D eigenvalue weighted by molar-refractivity contribution is 7.16. The lowest BCUT2D eigenvalue weighted by atomic mass is 9.95. The van der Waals surface area contributed by atoms with Crippen molar-refractivity contribution in [1.82, 2.24) is 0 Å². The molecule has 0 fully saturated rings. The van der Waals surface area contributed by atoms with E-state index < -0.39 is 0 Å². The summed E-state index contributed by atoms with van der Waals surface area (Å²) in [5, 5.41) is 2.73. The summed E-state index contributed by atoms with van der Waals surface area (Å²) >= 11 is 8.05. The lowest BCUT2D eigenvalue weighted by Crippen LogP contribution is -2.10. The number of thiophene rings is 1. The van der Waals surface area contributed by atoms with E-state index in [1.54, 1.807) is 18.4 Å². The number of hydrogen-bond donors (Lipinski definition) is 0. The third-order valence-electron chi connectivity index (χ3n) is 5.94. The fourth-order valence-electron chi connectivity index (χ4n) is 4.31. The monoisotopic (exact) mass is 493 g/mol. The normalized spacial score (nSPS) is 13.7. The van der Waals surface area contributed by atoms with Gasteiger partial charge in [-0.25, -0.2) is 9.79 Å². The number of methoxy groups -OCH3 is 1. The number of esters is 1. The van der Waals surface area contributed by atoms with Crippen molar-refractivity contribution in [1.29, 1.82) is 0 Å². The SMILES string of the molecule is CCOC(=O)c1c(N=c2cc(-c3ccccc3Cl)oc3ccc(OC)cc23)sc2c1CCCC2. The summed E-state index contributed by atoms with van der Waals surface area (Å²) in [7, 11) is 1.62. The molecular weight excluding hydrogens is 470 g/mol. The van der Waals surface area contributed by atoms with Crippen LogP contribution >= 0.6 is 22.9 Å². The van der Waals surface area contributed by atoms with Gasteiger partial charge in [-0.1, -0.05) is 23.7 Å². The molecule has 2 heterocycles. The minimum absolute atomic E-state index is 0.311. The van der Waals surface area contributed by atoms with Crippen LogP contribution in [0.3, 0.4) is 0 Å². The first-order chi connectivity index (χ1) is 16.6. The van der Waals surface area contributed by atoms with Crippen LogP contribution in [0.2, 0.25) is 5.02 Å². The number of halogens is 1. The Labute approximate surface area is 206 Å². The van der Waals surface area contributed by atoms with Gasteiger partial charge in [0.2, 0.25) is 0 Å². The second-order valence-electron chi connectivity index (χ2n) is 8.06. The molecule has 7 heteroatoms. The van der Waals surface area contributed by atoms with Crippen LogP contribution in [0, 0.1) is 0 Å². The molecule has 0 spiro atoms. The predicted molar refractivity (Wildman–Crippen MR) is 135 cm³/mol. The van der Waals surface area contributed by atoms with E-state index in [4.69, 9.17) is 30.5 Å². The van der Waals surface area contributed by atoms with Crippen molar-refractivity contribution < 1.29 is 18.7 Å². The summed E-state index contributed by atoms with van der Waals surface area (Å²) < 4.78 is 17.1. The summed E-state index contributed by atoms with van der Waals surface area (Å²) in [6.45, 7) is 2.14. The highest BCUT2D eigenvalue weighted by Crippen LogP contribution is 2.40. The maximum atomic E-state index is 13.0. The third-order valence-corrected chi connectivity index (χ3v) is 7.46. The van der Waals surface area contributed by atoms with Crippen LogP contribution in [0.1, 0.15) is 40.6 Å². The lowest BCUT2D eigenvalue weighted by molar-refractivity contribution is 0.0526. The number of carbonyl (C=O) groups is 1. The fourth-order valence-corrected chi connectivity index (χ4v) is 5.80. The van der Waals surface area contributed by atoms with Crippen molar-refractivity contribution in [3.8, 4) is 17.1 Å². The third kappa shape index (κ3) is 4.24. The van der Waals surface area contributed by atoms with Gasteiger partial charge in [0.05, 0.1) is 29.7 Å². The Balaban J connectivity index is 1.79. The van der Waals surface area contributed by atoms with E-state index in [2.05, 4.69) is 0 Å². The van der Waals surface area contributed by atoms with Gasteiger partial charge in [0.25, 0.3) is 0 Å². The Bertz CT molecular complexity index is 1450. The molecule has 0 bridgehead atoms. The molecule has 0 amide bonds. The Hall–Kier alpha value is -3.09. The molecule has 0 N–H and O–H groups in total. The van der Waals surface area contributed by atoms with Crippen LogP contribution < -0.4 is 10.1 Å². The van der Waals surface area contributed by atoms with Gasteiger partial charge in [-0.15, -0.1) is 11.3 Å². The van der Waals surface area contributed by atoms with Crippen LogP contribution in [0.25, 0.3) is 22.3 Å². The number of nitrogens with zero attached hydrogens (tertiary/aromatic N) is 1. The van der Waals surface area contributed by atoms with Crippen LogP contribution in [0.4, 0.5) is 5.00 Å². The van der Waals surface area contributed by atoms with E-state index >= 15 is 0 Å². The molecule has 0 saturated heterocycles. The number of carbonyl (C=O) groups excluding carboxylic acids is 1. The quantitative estimate of drug-likeness (QED) is 0.278. The average molecular weight is 494 g/mol. The second-order valence-corrected chi connectivity index (χ2v) is 9.55. The maximum Gasteiger partial charge on any atom is 0.341 e. The zero-order chi connectivity index (χ0) is 23.7. The van der Waals surface area contributed by atoms with Gasteiger partial charge in [0.1, 0.15) is 22.1 Å². The van der Waals surface area contributed by atoms with Gasteiger partial charge in [-0.2, -0.15) is 0 Å². The van der Waals surface area contributed by atoms with Gasteiger partial charge < -0.3 is 13.9 Å². The fraction of sp³-hybridized carbons (Fsp3) is 0.259. The number of ether oxygens (including phenoxy) is 2. The van der Waals surface area contributed by atoms with Crippen molar-refractivity contribution in [3.05, 3.63) is 74.9 Å². The number of fused-ring (bicyclic) bond motifs is 2. The molecule has 5 rings (SSSR count). The summed E-state index contributed by atoms with van der Waals surface area (Å²) in [5.74, 6) is 0.983. The summed E-state index contributed by atoms with van der Waals surface area (Å²) in [6.07, 6.45) is 4.03. The van der Waals surface area contributed by atoms with E-state index in [1.165, 1.54) is 4.88 Å². The molecule has 0 atom stereocenters. The predicted octanol–water partition coefficient (Wildman–Crippen LogP) is 7.11. The minimum atomic E-state index is -0.311.